The molecule has 0 saturated heterocycles. The molecule has 0 aromatic rings. The number of hydrogen-bond donors (Lipinski definition) is 6. The topological polar surface area (TPSA) is 194 Å². The van der Waals surface area contributed by atoms with E-state index in [0.717, 1.165) is 0 Å². The molecule has 0 atom stereocenters. The molecule has 0 spiro atoms. The van der Waals surface area contributed by atoms with Gasteiger partial charge in [0, 0.05) is 0 Å². The van der Waals surface area contributed by atoms with E-state index in [0.29, 0.717) is 0 Å². The van der Waals surface area contributed by atoms with Crippen molar-refractivity contribution < 1.29 is 139 Å². The van der Waals surface area contributed by atoms with Crippen LogP contribution in [0.15, 0.2) is 0 Å². The summed E-state index contributed by atoms with van der Waals surface area (Å²) in [7, 11) is -10.1. The maximum atomic E-state index is 9.63. The average molecular weight is 292 g/mol. The van der Waals surface area contributed by atoms with E-state index in [1.165, 1.54) is 0 Å². The maximum Gasteiger partial charge on any atom is 1.00 e. The average Bonchev–Trinajstić information content (AvgIpc) is 1.14. The Morgan fingerprint density at radius 2 is 1.00 bits per heavy atom. The third-order valence-corrected chi connectivity index (χ3v) is 1.91. The van der Waals surface area contributed by atoms with Gasteiger partial charge in [-0.15, -0.1) is 0 Å². The van der Waals surface area contributed by atoms with E-state index in [-0.39, 0.29) is 118 Å². The van der Waals surface area contributed by atoms with Crippen molar-refractivity contribution in [3.63, 3.8) is 0 Å². The smallest absolute Gasteiger partial charge is 1.00 e. The van der Waals surface area contributed by atoms with Gasteiger partial charge in [-0.1, -0.05) is 0 Å². The zero-order valence-electron chi connectivity index (χ0n) is 9.32. The van der Waals surface area contributed by atoms with Gasteiger partial charge in [-0.25, -0.2) is 9.13 Å². The molecule has 0 amide bonds. The van der Waals surface area contributed by atoms with Crippen molar-refractivity contribution in [3.05, 3.63) is 0 Å². The van der Waals surface area contributed by atoms with Gasteiger partial charge < -0.3 is 34.7 Å². The third kappa shape index (κ3) is 31.3. The SMILES string of the molecule is N.N.O=P(O)(O)OP(=O)(O)O.[H-].[H-].[K+].[K+]. The van der Waals surface area contributed by atoms with Crippen LogP contribution in [0, 0.1) is 0 Å². The maximum absolute atomic E-state index is 9.63. The first-order valence-electron chi connectivity index (χ1n) is 1.53. The number of rotatable bonds is 2. The molecule has 0 aliphatic heterocycles. The summed E-state index contributed by atoms with van der Waals surface area (Å²) in [6.45, 7) is 0. The van der Waals surface area contributed by atoms with Crippen LogP contribution in [0.5, 0.6) is 0 Å². The molecule has 0 fully saturated rings. The summed E-state index contributed by atoms with van der Waals surface area (Å²) in [5, 5.41) is 0. The first kappa shape index (κ1) is 30.0. The van der Waals surface area contributed by atoms with Crippen molar-refractivity contribution in [3.8, 4) is 0 Å². The van der Waals surface area contributed by atoms with Crippen LogP contribution in [0.4, 0.5) is 0 Å². The van der Waals surface area contributed by atoms with E-state index in [1.54, 1.807) is 0 Å². The van der Waals surface area contributed by atoms with Gasteiger partial charge in [-0.3, -0.25) is 0 Å². The Bertz CT molecular complexity index is 171. The Morgan fingerprint density at radius 3 is 1.00 bits per heavy atom. The van der Waals surface area contributed by atoms with Gasteiger partial charge in [0.15, 0.2) is 0 Å². The molecule has 0 radical (unpaired) electrons. The largest absolute Gasteiger partial charge is 1.00 e. The van der Waals surface area contributed by atoms with Crippen LogP contribution in [-0.4, -0.2) is 19.6 Å². The minimum atomic E-state index is -5.05. The minimum Gasteiger partial charge on any atom is -1.00 e. The fourth-order valence-electron chi connectivity index (χ4n) is 0.139. The van der Waals surface area contributed by atoms with Gasteiger partial charge in [-0.2, -0.15) is 4.31 Å². The summed E-state index contributed by atoms with van der Waals surface area (Å²) in [5.41, 5.74) is 0. The molecule has 0 aromatic heterocycles. The molecule has 0 rings (SSSR count). The van der Waals surface area contributed by atoms with Gasteiger partial charge in [0.1, 0.15) is 0 Å². The molecule has 13 heavy (non-hydrogen) atoms. The predicted molar refractivity (Wildman–Crippen MR) is 37.4 cm³/mol. The van der Waals surface area contributed by atoms with Gasteiger partial charge in [0.25, 0.3) is 0 Å². The number of hydrogen-bond acceptors (Lipinski definition) is 5. The monoisotopic (exact) mass is 292 g/mol. The third-order valence-electron chi connectivity index (χ3n) is 0.213. The van der Waals surface area contributed by atoms with Crippen LogP contribution in [0.3, 0.4) is 0 Å². The summed E-state index contributed by atoms with van der Waals surface area (Å²) < 4.78 is 22.2. The van der Waals surface area contributed by atoms with Crippen molar-refractivity contribution in [2.75, 3.05) is 0 Å². The van der Waals surface area contributed by atoms with E-state index < -0.39 is 15.6 Å². The fraction of sp³-hybridized carbons (Fsp3) is 0. The summed E-state index contributed by atoms with van der Waals surface area (Å²) in [5.74, 6) is 0. The molecule has 0 aliphatic rings. The Hall–Kier alpha value is 3.45. The van der Waals surface area contributed by atoms with Gasteiger partial charge in [0.2, 0.25) is 0 Å². The van der Waals surface area contributed by atoms with Crippen LogP contribution in [-0.2, 0) is 13.4 Å². The molecular weight excluding hydrogens is 280 g/mol. The Kier molecular flexibility index (Phi) is 27.5. The first-order valence-corrected chi connectivity index (χ1v) is 4.59. The van der Waals surface area contributed by atoms with Crippen molar-refractivity contribution in [1.29, 1.82) is 0 Å². The second-order valence-electron chi connectivity index (χ2n) is 1.06. The summed E-state index contributed by atoms with van der Waals surface area (Å²) in [6.07, 6.45) is 0. The van der Waals surface area contributed by atoms with Crippen molar-refractivity contribution in [2.45, 2.75) is 0 Å². The van der Waals surface area contributed by atoms with Gasteiger partial charge >= 0.3 is 118 Å². The molecule has 0 unspecified atom stereocenters. The molecule has 0 aliphatic carbocycles. The van der Waals surface area contributed by atoms with Crippen molar-refractivity contribution in [1.82, 2.24) is 12.3 Å². The molecule has 0 heterocycles. The van der Waals surface area contributed by atoms with Crippen LogP contribution in [0.25, 0.3) is 0 Å². The van der Waals surface area contributed by atoms with E-state index >= 15 is 0 Å². The van der Waals surface area contributed by atoms with Gasteiger partial charge in [-0.05, 0) is 0 Å². The van der Waals surface area contributed by atoms with E-state index in [1.807, 2.05) is 0 Å². The van der Waals surface area contributed by atoms with E-state index in [9.17, 15) is 9.13 Å². The fourth-order valence-corrected chi connectivity index (χ4v) is 1.25. The Labute approximate surface area is 163 Å². The summed E-state index contributed by atoms with van der Waals surface area (Å²) >= 11 is 0. The van der Waals surface area contributed by atoms with Crippen molar-refractivity contribution >= 4 is 15.6 Å². The van der Waals surface area contributed by atoms with Gasteiger partial charge in [0.05, 0.1) is 0 Å². The molecule has 10 N–H and O–H groups in total. The summed E-state index contributed by atoms with van der Waals surface area (Å²) in [4.78, 5) is 31.0. The molecule has 13 heteroatoms. The van der Waals surface area contributed by atoms with Crippen LogP contribution >= 0.6 is 15.6 Å². The first-order chi connectivity index (χ1) is 3.71. The predicted octanol–water partition coefficient (Wildman–Crippen LogP) is -6.25. The quantitative estimate of drug-likeness (QED) is 0.212. The summed E-state index contributed by atoms with van der Waals surface area (Å²) in [6, 6.07) is 0. The second-order valence-corrected chi connectivity index (χ2v) is 3.68. The normalized spacial score (nSPS) is 9.54. The number of phosphoric acid groups is 2. The molecule has 0 saturated carbocycles. The Morgan fingerprint density at radius 1 is 0.846 bits per heavy atom. The molecule has 0 bridgehead atoms. The molecule has 76 valence electrons. The molecule has 0 aromatic carbocycles. The van der Waals surface area contributed by atoms with Crippen molar-refractivity contribution in [2.24, 2.45) is 0 Å². The Balaban J connectivity index is -0.0000000213. The van der Waals surface area contributed by atoms with E-state index in [2.05, 4.69) is 4.31 Å². The van der Waals surface area contributed by atoms with Crippen LogP contribution < -0.4 is 115 Å². The second kappa shape index (κ2) is 11.9. The zero-order chi connectivity index (χ0) is 7.71. The molecular formula is H12K2N2O7P2. The van der Waals surface area contributed by atoms with Crippen LogP contribution in [0.2, 0.25) is 0 Å². The minimum absolute atomic E-state index is 0. The standard InChI is InChI=1S/2K.2H3N.H4O7P2.2H/c;;;;1-8(2,3)7-9(4,5)6;;/h;;2*1H3;(H2,1,2,3)(H2,4,5,6);;/q2*+1;;;;2*-1. The van der Waals surface area contributed by atoms with Crippen LogP contribution in [0.1, 0.15) is 2.85 Å². The zero-order valence-corrected chi connectivity index (χ0v) is 15.4. The van der Waals surface area contributed by atoms with E-state index in [4.69, 9.17) is 19.6 Å². The molecule has 9 nitrogen and oxygen atoms in total.